The second-order valence-electron chi connectivity index (χ2n) is 6.12. The zero-order valence-corrected chi connectivity index (χ0v) is 13.3. The van der Waals surface area contributed by atoms with Crippen LogP contribution in [0.2, 0.25) is 0 Å². The number of urea groups is 1. The van der Waals surface area contributed by atoms with Crippen LogP contribution in [-0.2, 0) is 0 Å². The Morgan fingerprint density at radius 3 is 2.59 bits per heavy atom. The molecule has 1 fully saturated rings. The second-order valence-corrected chi connectivity index (χ2v) is 6.12. The van der Waals surface area contributed by atoms with Crippen molar-refractivity contribution >= 4 is 11.7 Å². The molecule has 2 amide bonds. The van der Waals surface area contributed by atoms with Gasteiger partial charge < -0.3 is 20.5 Å². The van der Waals surface area contributed by atoms with Gasteiger partial charge in [0.1, 0.15) is 5.75 Å². The fourth-order valence-corrected chi connectivity index (χ4v) is 2.84. The molecule has 0 bridgehead atoms. The van der Waals surface area contributed by atoms with E-state index in [1.807, 2.05) is 38.1 Å². The van der Waals surface area contributed by atoms with E-state index in [1.165, 1.54) is 0 Å². The first-order valence-electron chi connectivity index (χ1n) is 8.03. The number of aliphatic hydroxyl groups excluding tert-OH is 1. The summed E-state index contributed by atoms with van der Waals surface area (Å²) in [6, 6.07) is 7.16. The number of hydrogen-bond acceptors (Lipinski definition) is 3. The van der Waals surface area contributed by atoms with Crippen molar-refractivity contribution in [2.75, 3.05) is 11.9 Å². The number of anilines is 1. The highest BCUT2D eigenvalue weighted by Gasteiger charge is 2.25. The molecule has 2 unspecified atom stereocenters. The van der Waals surface area contributed by atoms with Gasteiger partial charge in [-0.2, -0.15) is 0 Å². The molecule has 0 aromatic heterocycles. The highest BCUT2D eigenvalue weighted by molar-refractivity contribution is 5.89. The van der Waals surface area contributed by atoms with E-state index >= 15 is 0 Å². The van der Waals surface area contributed by atoms with Crippen molar-refractivity contribution in [2.45, 2.75) is 51.7 Å². The Balaban J connectivity index is 1.86. The normalized spacial score (nSPS) is 21.5. The van der Waals surface area contributed by atoms with Crippen molar-refractivity contribution in [1.82, 2.24) is 5.32 Å². The van der Waals surface area contributed by atoms with Crippen LogP contribution in [-0.4, -0.2) is 29.9 Å². The van der Waals surface area contributed by atoms with E-state index in [4.69, 9.17) is 4.74 Å². The molecule has 1 aliphatic rings. The van der Waals surface area contributed by atoms with Crippen LogP contribution in [0.25, 0.3) is 0 Å². The van der Waals surface area contributed by atoms with E-state index in [2.05, 4.69) is 10.6 Å². The van der Waals surface area contributed by atoms with Crippen LogP contribution < -0.4 is 15.4 Å². The maximum Gasteiger partial charge on any atom is 0.319 e. The molecular formula is C17H26N2O3. The lowest BCUT2D eigenvalue weighted by Crippen LogP contribution is -2.45. The van der Waals surface area contributed by atoms with Gasteiger partial charge in [0.2, 0.25) is 0 Å². The molecule has 0 spiro atoms. The van der Waals surface area contributed by atoms with E-state index < -0.39 is 0 Å². The number of carbonyl (C=O) groups is 1. The molecule has 2 rings (SSSR count). The molecule has 22 heavy (non-hydrogen) atoms. The van der Waals surface area contributed by atoms with Gasteiger partial charge in [0.15, 0.2) is 0 Å². The Labute approximate surface area is 132 Å². The lowest BCUT2D eigenvalue weighted by molar-refractivity contribution is 0.156. The van der Waals surface area contributed by atoms with Gasteiger partial charge in [-0.05, 0) is 51.0 Å². The van der Waals surface area contributed by atoms with Gasteiger partial charge in [0.05, 0.1) is 6.10 Å². The minimum Gasteiger partial charge on any atom is -0.491 e. The van der Waals surface area contributed by atoms with E-state index in [0.717, 1.165) is 37.1 Å². The maximum atomic E-state index is 12.1. The van der Waals surface area contributed by atoms with Crippen LogP contribution >= 0.6 is 0 Å². The van der Waals surface area contributed by atoms with Gasteiger partial charge in [-0.1, -0.05) is 12.8 Å². The molecule has 2 atom stereocenters. The summed E-state index contributed by atoms with van der Waals surface area (Å²) < 4.78 is 5.57. The third kappa shape index (κ3) is 4.91. The maximum absolute atomic E-state index is 12.1. The number of aliphatic hydroxyl groups is 1. The Morgan fingerprint density at radius 1 is 1.27 bits per heavy atom. The van der Waals surface area contributed by atoms with E-state index in [-0.39, 0.29) is 30.7 Å². The molecule has 0 heterocycles. The topological polar surface area (TPSA) is 70.6 Å². The average Bonchev–Trinajstić information content (AvgIpc) is 2.49. The minimum atomic E-state index is -0.220. The molecule has 5 nitrogen and oxygen atoms in total. The highest BCUT2D eigenvalue weighted by Crippen LogP contribution is 2.24. The van der Waals surface area contributed by atoms with Crippen molar-refractivity contribution in [3.05, 3.63) is 24.3 Å². The van der Waals surface area contributed by atoms with Crippen LogP contribution in [0.1, 0.15) is 39.5 Å². The van der Waals surface area contributed by atoms with Crippen molar-refractivity contribution in [2.24, 2.45) is 5.92 Å². The molecule has 0 aliphatic heterocycles. The summed E-state index contributed by atoms with van der Waals surface area (Å²) in [5.41, 5.74) is 0.727. The number of rotatable bonds is 5. The molecule has 1 aromatic rings. The third-order valence-electron chi connectivity index (χ3n) is 3.94. The molecular weight excluding hydrogens is 280 g/mol. The Hall–Kier alpha value is -1.75. The van der Waals surface area contributed by atoms with Gasteiger partial charge in [-0.15, -0.1) is 0 Å². The quantitative estimate of drug-likeness (QED) is 0.782. The molecule has 122 valence electrons. The van der Waals surface area contributed by atoms with Crippen LogP contribution in [0.5, 0.6) is 5.75 Å². The molecule has 0 radical (unpaired) electrons. The first-order valence-corrected chi connectivity index (χ1v) is 8.03. The first-order chi connectivity index (χ1) is 10.6. The fourth-order valence-electron chi connectivity index (χ4n) is 2.84. The molecule has 1 aromatic carbocycles. The summed E-state index contributed by atoms with van der Waals surface area (Å²) in [6.45, 7) is 4.08. The summed E-state index contributed by atoms with van der Waals surface area (Å²) in [6.07, 6.45) is 4.26. The van der Waals surface area contributed by atoms with Crippen molar-refractivity contribution in [3.63, 3.8) is 0 Å². The number of nitrogens with one attached hydrogen (secondary N) is 2. The smallest absolute Gasteiger partial charge is 0.319 e. The average molecular weight is 306 g/mol. The number of amides is 2. The summed E-state index contributed by atoms with van der Waals surface area (Å²) in [4.78, 5) is 12.1. The molecule has 1 saturated carbocycles. The number of benzene rings is 1. The third-order valence-corrected chi connectivity index (χ3v) is 3.94. The monoisotopic (exact) mass is 306 g/mol. The first kappa shape index (κ1) is 16.6. The van der Waals surface area contributed by atoms with Crippen LogP contribution in [0, 0.1) is 5.92 Å². The molecule has 0 saturated heterocycles. The standard InChI is InChI=1S/C17H26N2O3/c1-12(2)22-15-9-7-14(8-10-15)18-17(21)19-16-6-4-3-5-13(16)11-20/h7-10,12-13,16,20H,3-6,11H2,1-2H3,(H2,18,19,21). The summed E-state index contributed by atoms with van der Waals surface area (Å²) in [5.74, 6) is 0.954. The van der Waals surface area contributed by atoms with Crippen molar-refractivity contribution < 1.29 is 14.6 Å². The van der Waals surface area contributed by atoms with E-state index in [9.17, 15) is 9.90 Å². The number of carbonyl (C=O) groups excluding carboxylic acids is 1. The molecule has 3 N–H and O–H groups in total. The van der Waals surface area contributed by atoms with Crippen LogP contribution in [0.4, 0.5) is 10.5 Å². The summed E-state index contributed by atoms with van der Waals surface area (Å²) in [7, 11) is 0. The van der Waals surface area contributed by atoms with Gasteiger partial charge in [0.25, 0.3) is 0 Å². The largest absolute Gasteiger partial charge is 0.491 e. The zero-order valence-electron chi connectivity index (χ0n) is 13.3. The highest BCUT2D eigenvalue weighted by atomic mass is 16.5. The second kappa shape index (κ2) is 8.03. The zero-order chi connectivity index (χ0) is 15.9. The van der Waals surface area contributed by atoms with E-state index in [0.29, 0.717) is 0 Å². The summed E-state index contributed by atoms with van der Waals surface area (Å²) in [5, 5.41) is 15.2. The Morgan fingerprint density at radius 2 is 1.95 bits per heavy atom. The van der Waals surface area contributed by atoms with Gasteiger partial charge in [-0.25, -0.2) is 4.79 Å². The van der Waals surface area contributed by atoms with E-state index in [1.54, 1.807) is 0 Å². The summed E-state index contributed by atoms with van der Waals surface area (Å²) >= 11 is 0. The fraction of sp³-hybridized carbons (Fsp3) is 0.588. The lowest BCUT2D eigenvalue weighted by Gasteiger charge is -2.30. The van der Waals surface area contributed by atoms with Crippen molar-refractivity contribution in [1.29, 1.82) is 0 Å². The van der Waals surface area contributed by atoms with Crippen LogP contribution in [0.15, 0.2) is 24.3 Å². The molecule has 1 aliphatic carbocycles. The Kier molecular flexibility index (Phi) is 6.07. The van der Waals surface area contributed by atoms with Crippen molar-refractivity contribution in [3.8, 4) is 5.75 Å². The predicted molar refractivity (Wildman–Crippen MR) is 87.2 cm³/mol. The predicted octanol–water partition coefficient (Wildman–Crippen LogP) is 3.15. The van der Waals surface area contributed by atoms with Crippen LogP contribution in [0.3, 0.4) is 0 Å². The number of ether oxygens (including phenoxy) is 1. The lowest BCUT2D eigenvalue weighted by atomic mass is 9.85. The van der Waals surface area contributed by atoms with Gasteiger partial charge >= 0.3 is 6.03 Å². The molecule has 5 heteroatoms. The Bertz CT molecular complexity index is 473. The van der Waals surface area contributed by atoms with Gasteiger partial charge in [-0.3, -0.25) is 0 Å². The number of hydrogen-bond donors (Lipinski definition) is 3. The SMILES string of the molecule is CC(C)Oc1ccc(NC(=O)NC2CCCCC2CO)cc1. The minimum absolute atomic E-state index is 0.0577. The van der Waals surface area contributed by atoms with Gasteiger partial charge in [0, 0.05) is 24.3 Å².